The molecule has 3 N–H and O–H groups in total. The van der Waals surface area contributed by atoms with Crippen molar-refractivity contribution in [3.05, 3.63) is 33.9 Å². The number of nitro groups is 1. The third-order valence-corrected chi connectivity index (χ3v) is 3.82. The van der Waals surface area contributed by atoms with Gasteiger partial charge in [-0.1, -0.05) is 12.8 Å². The van der Waals surface area contributed by atoms with Crippen molar-refractivity contribution in [2.75, 3.05) is 5.73 Å². The number of amides is 1. The maximum Gasteiger partial charge on any atom is 0.341 e. The second kappa shape index (κ2) is 7.08. The van der Waals surface area contributed by atoms with E-state index in [4.69, 9.17) is 10.5 Å². The van der Waals surface area contributed by atoms with Crippen molar-refractivity contribution in [3.8, 4) is 0 Å². The largest absolute Gasteiger partial charge is 0.449 e. The zero-order chi connectivity index (χ0) is 17.0. The van der Waals surface area contributed by atoms with E-state index in [1.165, 1.54) is 19.1 Å². The molecular weight excluding hydrogens is 302 g/mol. The fourth-order valence-electron chi connectivity index (χ4n) is 2.50. The van der Waals surface area contributed by atoms with E-state index in [-0.39, 0.29) is 28.9 Å². The van der Waals surface area contributed by atoms with Gasteiger partial charge in [0.25, 0.3) is 11.6 Å². The molecule has 0 aliphatic heterocycles. The van der Waals surface area contributed by atoms with Gasteiger partial charge in [-0.3, -0.25) is 14.9 Å². The SMILES string of the molecule is CC(OC(=O)c1cc([N+](=O)[O-])ccc1N)C(=O)NC1CCCC1. The Morgan fingerprint density at radius 3 is 2.65 bits per heavy atom. The molecule has 1 aromatic carbocycles. The van der Waals surface area contributed by atoms with Gasteiger partial charge in [0.1, 0.15) is 0 Å². The lowest BCUT2D eigenvalue weighted by atomic mass is 10.1. The number of nitrogens with two attached hydrogens (primary N) is 1. The second-order valence-corrected chi connectivity index (χ2v) is 5.57. The number of hydrogen-bond donors (Lipinski definition) is 2. The van der Waals surface area contributed by atoms with Crippen LogP contribution >= 0.6 is 0 Å². The summed E-state index contributed by atoms with van der Waals surface area (Å²) in [6, 6.07) is 3.62. The molecule has 2 rings (SSSR count). The third-order valence-electron chi connectivity index (χ3n) is 3.82. The molecule has 8 heteroatoms. The predicted octanol–water partition coefficient (Wildman–Crippen LogP) is 1.78. The molecular formula is C15H19N3O5. The molecule has 1 aliphatic rings. The Morgan fingerprint density at radius 1 is 1.39 bits per heavy atom. The van der Waals surface area contributed by atoms with Crippen LogP contribution in [0.25, 0.3) is 0 Å². The first-order valence-corrected chi connectivity index (χ1v) is 7.43. The summed E-state index contributed by atoms with van der Waals surface area (Å²) in [7, 11) is 0. The molecule has 0 aromatic heterocycles. The van der Waals surface area contributed by atoms with Crippen molar-refractivity contribution < 1.29 is 19.2 Å². The number of benzene rings is 1. The molecule has 8 nitrogen and oxygen atoms in total. The van der Waals surface area contributed by atoms with Crippen LogP contribution in [-0.2, 0) is 9.53 Å². The Labute approximate surface area is 133 Å². The number of anilines is 1. The molecule has 1 atom stereocenters. The minimum absolute atomic E-state index is 0.0593. The van der Waals surface area contributed by atoms with Crippen LogP contribution in [0, 0.1) is 10.1 Å². The summed E-state index contributed by atoms with van der Waals surface area (Å²) in [6.07, 6.45) is 2.99. The Hall–Kier alpha value is -2.64. The number of hydrogen-bond acceptors (Lipinski definition) is 6. The quantitative estimate of drug-likeness (QED) is 0.368. The van der Waals surface area contributed by atoms with Gasteiger partial charge in [0.15, 0.2) is 6.10 Å². The van der Waals surface area contributed by atoms with Crippen LogP contribution in [-0.4, -0.2) is 28.9 Å². The Kier molecular flexibility index (Phi) is 5.15. The zero-order valence-electron chi connectivity index (χ0n) is 12.8. The lowest BCUT2D eigenvalue weighted by Crippen LogP contribution is -2.40. The summed E-state index contributed by atoms with van der Waals surface area (Å²) >= 11 is 0. The molecule has 0 spiro atoms. The number of nitrogens with zero attached hydrogens (tertiary/aromatic N) is 1. The summed E-state index contributed by atoms with van der Waals surface area (Å²) in [5.41, 5.74) is 5.32. The minimum Gasteiger partial charge on any atom is -0.449 e. The van der Waals surface area contributed by atoms with Crippen LogP contribution < -0.4 is 11.1 Å². The average molecular weight is 321 g/mol. The van der Waals surface area contributed by atoms with Gasteiger partial charge in [-0.05, 0) is 25.8 Å². The fraction of sp³-hybridized carbons (Fsp3) is 0.467. The highest BCUT2D eigenvalue weighted by Gasteiger charge is 2.25. The molecule has 1 unspecified atom stereocenters. The number of carbonyl (C=O) groups is 2. The van der Waals surface area contributed by atoms with Crippen molar-refractivity contribution in [1.29, 1.82) is 0 Å². The van der Waals surface area contributed by atoms with Gasteiger partial charge in [-0.25, -0.2) is 4.79 Å². The monoisotopic (exact) mass is 321 g/mol. The normalized spacial score (nSPS) is 15.9. The second-order valence-electron chi connectivity index (χ2n) is 5.57. The summed E-state index contributed by atoms with van der Waals surface area (Å²) in [4.78, 5) is 34.2. The first-order chi connectivity index (χ1) is 10.9. The van der Waals surface area contributed by atoms with E-state index in [1.807, 2.05) is 0 Å². The van der Waals surface area contributed by atoms with E-state index < -0.39 is 17.0 Å². The maximum absolute atomic E-state index is 12.1. The molecule has 0 heterocycles. The van der Waals surface area contributed by atoms with Crippen LogP contribution in [0.3, 0.4) is 0 Å². The first kappa shape index (κ1) is 16.7. The molecule has 0 radical (unpaired) electrons. The number of carbonyl (C=O) groups excluding carboxylic acids is 2. The standard InChI is InChI=1S/C15H19N3O5/c1-9(14(19)17-10-4-2-3-5-10)23-15(20)12-8-11(18(21)22)6-7-13(12)16/h6-10H,2-5,16H2,1H3,(H,17,19). The van der Waals surface area contributed by atoms with Crippen molar-refractivity contribution in [3.63, 3.8) is 0 Å². The van der Waals surface area contributed by atoms with Gasteiger partial charge >= 0.3 is 5.97 Å². The van der Waals surface area contributed by atoms with Crippen molar-refractivity contribution in [2.45, 2.75) is 44.8 Å². The van der Waals surface area contributed by atoms with Gasteiger partial charge in [-0.15, -0.1) is 0 Å². The van der Waals surface area contributed by atoms with Gasteiger partial charge in [0, 0.05) is 23.9 Å². The molecule has 0 bridgehead atoms. The lowest BCUT2D eigenvalue weighted by Gasteiger charge is -2.17. The van der Waals surface area contributed by atoms with Gasteiger partial charge < -0.3 is 15.8 Å². The number of nitrogens with one attached hydrogen (secondary N) is 1. The number of esters is 1. The molecule has 124 valence electrons. The molecule has 1 aliphatic carbocycles. The molecule has 1 aromatic rings. The van der Waals surface area contributed by atoms with Gasteiger partial charge in [0.2, 0.25) is 0 Å². The van der Waals surface area contributed by atoms with E-state index in [0.717, 1.165) is 31.7 Å². The summed E-state index contributed by atoms with van der Waals surface area (Å²) in [5.74, 6) is -1.24. The van der Waals surface area contributed by atoms with E-state index in [2.05, 4.69) is 5.32 Å². The number of nitrogen functional groups attached to an aromatic ring is 1. The number of nitro benzene ring substituents is 1. The van der Waals surface area contributed by atoms with Crippen LogP contribution in [0.5, 0.6) is 0 Å². The van der Waals surface area contributed by atoms with E-state index in [9.17, 15) is 19.7 Å². The molecule has 1 amide bonds. The minimum atomic E-state index is -0.998. The average Bonchev–Trinajstić information content (AvgIpc) is 3.00. The highest BCUT2D eigenvalue weighted by atomic mass is 16.6. The molecule has 1 saturated carbocycles. The first-order valence-electron chi connectivity index (χ1n) is 7.43. The van der Waals surface area contributed by atoms with Crippen LogP contribution in [0.1, 0.15) is 43.0 Å². The summed E-state index contributed by atoms with van der Waals surface area (Å²) in [6.45, 7) is 1.45. The zero-order valence-corrected chi connectivity index (χ0v) is 12.8. The summed E-state index contributed by atoms with van der Waals surface area (Å²) in [5, 5.41) is 13.6. The number of rotatable bonds is 5. The van der Waals surface area contributed by atoms with Crippen molar-refractivity contribution in [1.82, 2.24) is 5.32 Å². The summed E-state index contributed by atoms with van der Waals surface area (Å²) < 4.78 is 5.07. The van der Waals surface area contributed by atoms with Gasteiger partial charge in [-0.2, -0.15) is 0 Å². The molecule has 23 heavy (non-hydrogen) atoms. The van der Waals surface area contributed by atoms with E-state index in [0.29, 0.717) is 0 Å². The molecule has 0 saturated heterocycles. The highest BCUT2D eigenvalue weighted by molar-refractivity contribution is 5.97. The Bertz CT molecular complexity index is 626. The van der Waals surface area contributed by atoms with Crippen LogP contribution in [0.2, 0.25) is 0 Å². The Balaban J connectivity index is 2.01. The smallest absolute Gasteiger partial charge is 0.341 e. The van der Waals surface area contributed by atoms with Crippen molar-refractivity contribution >= 4 is 23.3 Å². The number of ether oxygens (including phenoxy) is 1. The number of non-ortho nitro benzene ring substituents is 1. The molecule has 1 fully saturated rings. The van der Waals surface area contributed by atoms with Crippen LogP contribution in [0.4, 0.5) is 11.4 Å². The van der Waals surface area contributed by atoms with Gasteiger partial charge in [0.05, 0.1) is 10.5 Å². The Morgan fingerprint density at radius 2 is 2.04 bits per heavy atom. The van der Waals surface area contributed by atoms with E-state index in [1.54, 1.807) is 0 Å². The van der Waals surface area contributed by atoms with Crippen LogP contribution in [0.15, 0.2) is 18.2 Å². The highest BCUT2D eigenvalue weighted by Crippen LogP contribution is 2.21. The topological polar surface area (TPSA) is 125 Å². The lowest BCUT2D eigenvalue weighted by molar-refractivity contribution is -0.384. The predicted molar refractivity (Wildman–Crippen MR) is 82.8 cm³/mol. The third kappa shape index (κ3) is 4.18. The fourth-order valence-corrected chi connectivity index (χ4v) is 2.50. The van der Waals surface area contributed by atoms with E-state index >= 15 is 0 Å². The van der Waals surface area contributed by atoms with Crippen molar-refractivity contribution in [2.24, 2.45) is 0 Å². The maximum atomic E-state index is 12.1.